The molecule has 0 bridgehead atoms. The molecule has 0 spiro atoms. The Morgan fingerprint density at radius 3 is 2.62 bits per heavy atom. The molecular weight excluding hydrogens is 194 g/mol. The molecule has 1 nitrogen and oxygen atoms in total. The lowest BCUT2D eigenvalue weighted by Gasteiger charge is -2.13. The first-order chi connectivity index (χ1) is 7.58. The quantitative estimate of drug-likeness (QED) is 0.820. The summed E-state index contributed by atoms with van der Waals surface area (Å²) in [5, 5.41) is 0. The summed E-state index contributed by atoms with van der Waals surface area (Å²) in [6, 6.07) is 9.10. The van der Waals surface area contributed by atoms with Crippen LogP contribution < -0.4 is 5.73 Å². The third kappa shape index (κ3) is 2.65. The molecule has 1 saturated carbocycles. The first-order valence-corrected chi connectivity index (χ1v) is 6.42. The van der Waals surface area contributed by atoms with Crippen molar-refractivity contribution in [3.8, 4) is 0 Å². The second-order valence-electron chi connectivity index (χ2n) is 5.75. The van der Waals surface area contributed by atoms with Gasteiger partial charge in [0.25, 0.3) is 0 Å². The fraction of sp³-hybridized carbons (Fsp3) is 0.600. The van der Waals surface area contributed by atoms with Gasteiger partial charge in [0.2, 0.25) is 0 Å². The van der Waals surface area contributed by atoms with E-state index in [2.05, 4.69) is 45.0 Å². The second kappa shape index (κ2) is 4.58. The molecule has 16 heavy (non-hydrogen) atoms. The molecule has 0 aliphatic heterocycles. The molecule has 2 N–H and O–H groups in total. The van der Waals surface area contributed by atoms with Crippen LogP contribution in [-0.4, -0.2) is 0 Å². The number of nitrogens with two attached hydrogens (primary N) is 1. The average molecular weight is 217 g/mol. The Hall–Kier alpha value is -0.820. The Morgan fingerprint density at radius 2 is 2.06 bits per heavy atom. The van der Waals surface area contributed by atoms with Gasteiger partial charge >= 0.3 is 0 Å². The molecule has 3 atom stereocenters. The monoisotopic (exact) mass is 217 g/mol. The summed E-state index contributed by atoms with van der Waals surface area (Å²) in [5.74, 6) is 2.25. The van der Waals surface area contributed by atoms with Crippen molar-refractivity contribution in [1.29, 1.82) is 0 Å². The van der Waals surface area contributed by atoms with Crippen LogP contribution in [0, 0.1) is 17.8 Å². The fourth-order valence-corrected chi connectivity index (χ4v) is 2.50. The van der Waals surface area contributed by atoms with Crippen LogP contribution in [0.15, 0.2) is 24.3 Å². The van der Waals surface area contributed by atoms with Crippen LogP contribution in [-0.2, 0) is 6.42 Å². The summed E-state index contributed by atoms with van der Waals surface area (Å²) in [6.07, 6.45) is 2.45. The van der Waals surface area contributed by atoms with E-state index in [1.54, 1.807) is 0 Å². The van der Waals surface area contributed by atoms with Gasteiger partial charge in [-0.1, -0.05) is 45.0 Å². The maximum atomic E-state index is 6.29. The van der Waals surface area contributed by atoms with E-state index >= 15 is 0 Å². The van der Waals surface area contributed by atoms with Gasteiger partial charge < -0.3 is 5.73 Å². The summed E-state index contributed by atoms with van der Waals surface area (Å²) in [6.45, 7) is 6.81. The zero-order valence-corrected chi connectivity index (χ0v) is 10.6. The SMILES string of the molecule is CC(C)Cc1cccc(C(N)C2CC2C)c1. The van der Waals surface area contributed by atoms with Crippen LogP contribution in [0.2, 0.25) is 0 Å². The Labute approximate surface area is 99.0 Å². The summed E-state index contributed by atoms with van der Waals surface area (Å²) in [5.41, 5.74) is 9.04. The van der Waals surface area contributed by atoms with Crippen molar-refractivity contribution >= 4 is 0 Å². The average Bonchev–Trinajstić information content (AvgIpc) is 2.94. The molecule has 0 saturated heterocycles. The highest BCUT2D eigenvalue weighted by atomic mass is 14.7. The lowest BCUT2D eigenvalue weighted by atomic mass is 9.96. The third-order valence-electron chi connectivity index (χ3n) is 3.61. The normalized spacial score (nSPS) is 25.8. The van der Waals surface area contributed by atoms with Crippen molar-refractivity contribution in [3.05, 3.63) is 35.4 Å². The minimum Gasteiger partial charge on any atom is -0.324 e. The second-order valence-corrected chi connectivity index (χ2v) is 5.75. The van der Waals surface area contributed by atoms with Crippen LogP contribution in [0.5, 0.6) is 0 Å². The Balaban J connectivity index is 2.09. The molecule has 1 aliphatic rings. The van der Waals surface area contributed by atoms with Crippen molar-refractivity contribution in [3.63, 3.8) is 0 Å². The van der Waals surface area contributed by atoms with Gasteiger partial charge in [0, 0.05) is 6.04 Å². The Kier molecular flexibility index (Phi) is 3.34. The van der Waals surface area contributed by atoms with Crippen molar-refractivity contribution in [2.75, 3.05) is 0 Å². The number of rotatable bonds is 4. The smallest absolute Gasteiger partial charge is 0.0326 e. The van der Waals surface area contributed by atoms with Crippen molar-refractivity contribution in [2.45, 2.75) is 39.7 Å². The molecule has 1 heteroatoms. The van der Waals surface area contributed by atoms with Gasteiger partial charge in [-0.2, -0.15) is 0 Å². The van der Waals surface area contributed by atoms with E-state index in [1.165, 1.54) is 17.5 Å². The molecule has 2 rings (SSSR count). The van der Waals surface area contributed by atoms with Crippen LogP contribution in [0.4, 0.5) is 0 Å². The van der Waals surface area contributed by atoms with E-state index in [0.717, 1.165) is 12.3 Å². The predicted octanol–water partition coefficient (Wildman–Crippen LogP) is 3.54. The first kappa shape index (κ1) is 11.7. The Bertz CT molecular complexity index is 356. The molecule has 1 aliphatic carbocycles. The van der Waals surface area contributed by atoms with Gasteiger partial charge in [0.1, 0.15) is 0 Å². The van der Waals surface area contributed by atoms with E-state index in [-0.39, 0.29) is 6.04 Å². The maximum absolute atomic E-state index is 6.29. The highest BCUT2D eigenvalue weighted by Gasteiger charge is 2.38. The number of hydrogen-bond acceptors (Lipinski definition) is 1. The van der Waals surface area contributed by atoms with Crippen LogP contribution in [0.3, 0.4) is 0 Å². The van der Waals surface area contributed by atoms with Gasteiger partial charge in [0.05, 0.1) is 0 Å². The molecule has 0 amide bonds. The summed E-state index contributed by atoms with van der Waals surface area (Å²) >= 11 is 0. The van der Waals surface area contributed by atoms with Gasteiger partial charge in [-0.05, 0) is 41.7 Å². The Morgan fingerprint density at radius 1 is 1.38 bits per heavy atom. The van der Waals surface area contributed by atoms with Crippen molar-refractivity contribution in [2.24, 2.45) is 23.5 Å². The van der Waals surface area contributed by atoms with Crippen LogP contribution in [0.25, 0.3) is 0 Å². The van der Waals surface area contributed by atoms with E-state index in [9.17, 15) is 0 Å². The van der Waals surface area contributed by atoms with Gasteiger partial charge in [-0.25, -0.2) is 0 Å². The zero-order chi connectivity index (χ0) is 11.7. The minimum atomic E-state index is 0.252. The van der Waals surface area contributed by atoms with Gasteiger partial charge in [-0.3, -0.25) is 0 Å². The maximum Gasteiger partial charge on any atom is 0.0326 e. The lowest BCUT2D eigenvalue weighted by Crippen LogP contribution is -2.13. The van der Waals surface area contributed by atoms with Crippen molar-refractivity contribution < 1.29 is 0 Å². The summed E-state index contributed by atoms with van der Waals surface area (Å²) in [7, 11) is 0. The zero-order valence-electron chi connectivity index (χ0n) is 10.6. The van der Waals surface area contributed by atoms with Gasteiger partial charge in [-0.15, -0.1) is 0 Å². The highest BCUT2D eigenvalue weighted by Crippen LogP contribution is 2.45. The highest BCUT2D eigenvalue weighted by molar-refractivity contribution is 5.27. The first-order valence-electron chi connectivity index (χ1n) is 6.42. The van der Waals surface area contributed by atoms with Crippen molar-refractivity contribution in [1.82, 2.24) is 0 Å². The fourth-order valence-electron chi connectivity index (χ4n) is 2.50. The molecule has 0 aromatic heterocycles. The molecule has 1 aromatic carbocycles. The summed E-state index contributed by atoms with van der Waals surface area (Å²) in [4.78, 5) is 0. The summed E-state index contributed by atoms with van der Waals surface area (Å²) < 4.78 is 0. The minimum absolute atomic E-state index is 0.252. The molecular formula is C15H23N. The standard InChI is InChI=1S/C15H23N/c1-10(2)7-12-5-4-6-13(9-12)15(16)14-8-11(14)3/h4-6,9-11,14-15H,7-8,16H2,1-3H3. The predicted molar refractivity (Wildman–Crippen MR) is 69.2 cm³/mol. The van der Waals surface area contributed by atoms with Crippen LogP contribution >= 0.6 is 0 Å². The molecule has 88 valence electrons. The third-order valence-corrected chi connectivity index (χ3v) is 3.61. The molecule has 1 fully saturated rings. The van der Waals surface area contributed by atoms with E-state index in [4.69, 9.17) is 5.73 Å². The van der Waals surface area contributed by atoms with Gasteiger partial charge in [0.15, 0.2) is 0 Å². The van der Waals surface area contributed by atoms with E-state index in [1.807, 2.05) is 0 Å². The topological polar surface area (TPSA) is 26.0 Å². The van der Waals surface area contributed by atoms with E-state index in [0.29, 0.717) is 11.8 Å². The largest absolute Gasteiger partial charge is 0.324 e. The lowest BCUT2D eigenvalue weighted by molar-refractivity contribution is 0.590. The molecule has 1 aromatic rings. The molecule has 0 radical (unpaired) electrons. The molecule has 3 unspecified atom stereocenters. The number of hydrogen-bond donors (Lipinski definition) is 1. The number of benzene rings is 1. The van der Waals surface area contributed by atoms with E-state index < -0.39 is 0 Å². The van der Waals surface area contributed by atoms with Crippen LogP contribution in [0.1, 0.15) is 44.4 Å². The molecule has 0 heterocycles.